The Balaban J connectivity index is 1.53. The van der Waals surface area contributed by atoms with Gasteiger partial charge in [-0.2, -0.15) is 5.10 Å². The number of ether oxygens (including phenoxy) is 2. The van der Waals surface area contributed by atoms with Gasteiger partial charge in [-0.15, -0.1) is 0 Å². The molecule has 2 heterocycles. The van der Waals surface area contributed by atoms with E-state index in [9.17, 15) is 4.79 Å². The fourth-order valence-electron chi connectivity index (χ4n) is 2.13. The maximum Gasteiger partial charge on any atom is 0.246 e. The molecule has 0 unspecified atom stereocenters. The van der Waals surface area contributed by atoms with E-state index in [4.69, 9.17) is 9.47 Å². The fraction of sp³-hybridized carbons (Fsp3) is 0.769. The van der Waals surface area contributed by atoms with Gasteiger partial charge in [0.1, 0.15) is 18.8 Å². The lowest BCUT2D eigenvalue weighted by Gasteiger charge is -2.22. The van der Waals surface area contributed by atoms with E-state index in [2.05, 4.69) is 15.4 Å². The van der Waals surface area contributed by atoms with Crippen molar-refractivity contribution in [2.75, 3.05) is 26.4 Å². The van der Waals surface area contributed by atoms with Crippen molar-refractivity contribution in [1.82, 2.24) is 20.1 Å². The molecule has 1 atom stereocenters. The summed E-state index contributed by atoms with van der Waals surface area (Å²) in [6.45, 7) is 1.92. The molecule has 1 aromatic rings. The molecule has 0 aromatic carbocycles. The summed E-state index contributed by atoms with van der Waals surface area (Å²) in [5.74, 6) is 0.741. The van der Waals surface area contributed by atoms with Crippen molar-refractivity contribution < 1.29 is 14.3 Å². The van der Waals surface area contributed by atoms with E-state index in [-0.39, 0.29) is 18.6 Å². The van der Waals surface area contributed by atoms with Crippen molar-refractivity contribution in [1.29, 1.82) is 0 Å². The number of aromatic nitrogens is 3. The maximum atomic E-state index is 11.6. The Kier molecular flexibility index (Phi) is 5.94. The average molecular weight is 282 g/mol. The summed E-state index contributed by atoms with van der Waals surface area (Å²) in [6, 6.07) is 0. The van der Waals surface area contributed by atoms with Gasteiger partial charge < -0.3 is 14.8 Å². The number of carbonyl (C=O) groups excluding carboxylic acids is 1. The summed E-state index contributed by atoms with van der Waals surface area (Å²) < 4.78 is 12.6. The molecule has 1 aliphatic heterocycles. The zero-order chi connectivity index (χ0) is 14.2. The number of aryl methyl sites for hydroxylation is 1. The van der Waals surface area contributed by atoms with Gasteiger partial charge in [-0.05, 0) is 19.3 Å². The Labute approximate surface area is 118 Å². The first-order valence-electron chi connectivity index (χ1n) is 7.04. The molecule has 112 valence electrons. The quantitative estimate of drug-likeness (QED) is 0.765. The van der Waals surface area contributed by atoms with Crippen LogP contribution in [0.4, 0.5) is 0 Å². The van der Waals surface area contributed by atoms with Gasteiger partial charge in [-0.3, -0.25) is 9.48 Å². The zero-order valence-corrected chi connectivity index (χ0v) is 11.9. The molecule has 2 rings (SSSR count). The predicted octanol–water partition coefficient (Wildman–Crippen LogP) is 0.0595. The van der Waals surface area contributed by atoms with Crippen molar-refractivity contribution in [2.24, 2.45) is 7.05 Å². The summed E-state index contributed by atoms with van der Waals surface area (Å²) in [4.78, 5) is 15.7. The number of hydrogen-bond donors (Lipinski definition) is 1. The average Bonchev–Trinajstić information content (AvgIpc) is 2.86. The number of carbonyl (C=O) groups is 1. The van der Waals surface area contributed by atoms with Crippen LogP contribution in [0.5, 0.6) is 0 Å². The van der Waals surface area contributed by atoms with E-state index in [0.29, 0.717) is 19.6 Å². The molecule has 1 aliphatic rings. The van der Waals surface area contributed by atoms with Crippen LogP contribution in [-0.4, -0.2) is 53.1 Å². The third-order valence-corrected chi connectivity index (χ3v) is 3.29. The standard InChI is InChI=1S/C13H22N4O3/c1-17-12(15-10-16-17)5-6-14-13(18)9-19-8-11-4-2-3-7-20-11/h10-11H,2-9H2,1H3,(H,14,18)/t11-/m0/s1. The number of nitrogens with one attached hydrogen (secondary N) is 1. The van der Waals surface area contributed by atoms with Crippen molar-refractivity contribution >= 4 is 5.91 Å². The number of nitrogens with zero attached hydrogens (tertiary/aromatic N) is 3. The Bertz CT molecular complexity index is 416. The van der Waals surface area contributed by atoms with Crippen molar-refractivity contribution in [2.45, 2.75) is 31.8 Å². The second-order valence-electron chi connectivity index (χ2n) is 4.90. The maximum absolute atomic E-state index is 11.6. The van der Waals surface area contributed by atoms with Crippen molar-refractivity contribution in [3.05, 3.63) is 12.2 Å². The van der Waals surface area contributed by atoms with E-state index in [0.717, 1.165) is 25.3 Å². The van der Waals surface area contributed by atoms with Crippen LogP contribution >= 0.6 is 0 Å². The molecule has 1 saturated heterocycles. The van der Waals surface area contributed by atoms with Gasteiger partial charge >= 0.3 is 0 Å². The van der Waals surface area contributed by atoms with Gasteiger partial charge in [0.15, 0.2) is 0 Å². The highest BCUT2D eigenvalue weighted by Crippen LogP contribution is 2.12. The highest BCUT2D eigenvalue weighted by atomic mass is 16.5. The van der Waals surface area contributed by atoms with E-state index < -0.39 is 0 Å². The summed E-state index contributed by atoms with van der Waals surface area (Å²) in [6.07, 6.45) is 5.64. The molecule has 1 N–H and O–H groups in total. The second-order valence-corrected chi connectivity index (χ2v) is 4.90. The zero-order valence-electron chi connectivity index (χ0n) is 11.9. The van der Waals surface area contributed by atoms with Crippen LogP contribution in [0.3, 0.4) is 0 Å². The topological polar surface area (TPSA) is 78.3 Å². The van der Waals surface area contributed by atoms with Gasteiger partial charge in [-0.1, -0.05) is 0 Å². The number of amides is 1. The van der Waals surface area contributed by atoms with Gasteiger partial charge in [-0.25, -0.2) is 4.98 Å². The molecule has 20 heavy (non-hydrogen) atoms. The molecule has 0 bridgehead atoms. The molecule has 0 spiro atoms. The van der Waals surface area contributed by atoms with Crippen LogP contribution in [0, 0.1) is 0 Å². The summed E-state index contributed by atoms with van der Waals surface area (Å²) in [5, 5.41) is 6.77. The van der Waals surface area contributed by atoms with Gasteiger partial charge in [0.25, 0.3) is 0 Å². The van der Waals surface area contributed by atoms with Gasteiger partial charge in [0.2, 0.25) is 5.91 Å². The van der Waals surface area contributed by atoms with E-state index >= 15 is 0 Å². The molecular formula is C13H22N4O3. The molecule has 0 saturated carbocycles. The minimum absolute atomic E-state index is 0.0820. The minimum Gasteiger partial charge on any atom is -0.376 e. The number of hydrogen-bond acceptors (Lipinski definition) is 5. The molecule has 1 amide bonds. The fourth-order valence-corrected chi connectivity index (χ4v) is 2.13. The molecule has 1 aromatic heterocycles. The lowest BCUT2D eigenvalue weighted by Crippen LogP contribution is -2.32. The molecule has 0 aliphatic carbocycles. The van der Waals surface area contributed by atoms with Crippen molar-refractivity contribution in [3.8, 4) is 0 Å². The first-order chi connectivity index (χ1) is 9.75. The summed E-state index contributed by atoms with van der Waals surface area (Å²) in [7, 11) is 1.83. The molecule has 1 fully saturated rings. The molecule has 7 nitrogen and oxygen atoms in total. The van der Waals surface area contributed by atoms with E-state index in [1.54, 1.807) is 4.68 Å². The first-order valence-corrected chi connectivity index (χ1v) is 7.04. The largest absolute Gasteiger partial charge is 0.376 e. The monoisotopic (exact) mass is 282 g/mol. The predicted molar refractivity (Wildman–Crippen MR) is 72.1 cm³/mol. The minimum atomic E-state index is -0.108. The van der Waals surface area contributed by atoms with Crippen LogP contribution in [-0.2, 0) is 27.7 Å². The Hall–Kier alpha value is -1.47. The Morgan fingerprint density at radius 3 is 3.20 bits per heavy atom. The van der Waals surface area contributed by atoms with Crippen molar-refractivity contribution in [3.63, 3.8) is 0 Å². The molecule has 7 heteroatoms. The van der Waals surface area contributed by atoms with Crippen LogP contribution in [0.2, 0.25) is 0 Å². The summed E-state index contributed by atoms with van der Waals surface area (Å²) >= 11 is 0. The van der Waals surface area contributed by atoms with E-state index in [1.165, 1.54) is 12.7 Å². The third kappa shape index (κ3) is 4.90. The summed E-state index contributed by atoms with van der Waals surface area (Å²) in [5.41, 5.74) is 0. The normalized spacial score (nSPS) is 18.9. The smallest absolute Gasteiger partial charge is 0.246 e. The highest BCUT2D eigenvalue weighted by molar-refractivity contribution is 5.77. The van der Waals surface area contributed by atoms with Crippen LogP contribution in [0.1, 0.15) is 25.1 Å². The third-order valence-electron chi connectivity index (χ3n) is 3.29. The molecule has 0 radical (unpaired) electrons. The Morgan fingerprint density at radius 1 is 1.60 bits per heavy atom. The highest BCUT2D eigenvalue weighted by Gasteiger charge is 2.14. The van der Waals surface area contributed by atoms with Gasteiger partial charge in [0.05, 0.1) is 12.7 Å². The first kappa shape index (κ1) is 14.9. The Morgan fingerprint density at radius 2 is 2.50 bits per heavy atom. The second kappa shape index (κ2) is 7.96. The van der Waals surface area contributed by atoms with E-state index in [1.807, 2.05) is 7.05 Å². The lowest BCUT2D eigenvalue weighted by molar-refractivity contribution is -0.127. The van der Waals surface area contributed by atoms with Crippen LogP contribution in [0.15, 0.2) is 6.33 Å². The SMILES string of the molecule is Cn1ncnc1CCNC(=O)COC[C@@H]1CCCCO1. The van der Waals surface area contributed by atoms with Gasteiger partial charge in [0, 0.05) is 26.6 Å². The van der Waals surface area contributed by atoms with Crippen LogP contribution in [0.25, 0.3) is 0 Å². The lowest BCUT2D eigenvalue weighted by atomic mass is 10.1. The van der Waals surface area contributed by atoms with Crippen LogP contribution < -0.4 is 5.32 Å². The molecular weight excluding hydrogens is 260 g/mol. The number of rotatable bonds is 7.